The SMILES string of the molecule is CC1(C)CCc2ccccc2C1Nc1cc(F)cc(F)c1. The van der Waals surface area contributed by atoms with E-state index >= 15 is 0 Å². The third-order valence-corrected chi connectivity index (χ3v) is 4.36. The van der Waals surface area contributed by atoms with Gasteiger partial charge in [0, 0.05) is 11.8 Å². The molecule has 0 radical (unpaired) electrons. The van der Waals surface area contributed by atoms with Gasteiger partial charge in [0.05, 0.1) is 6.04 Å². The van der Waals surface area contributed by atoms with Crippen LogP contribution in [-0.2, 0) is 6.42 Å². The van der Waals surface area contributed by atoms with Crippen LogP contribution in [0.3, 0.4) is 0 Å². The molecule has 0 saturated heterocycles. The zero-order chi connectivity index (χ0) is 15.0. The van der Waals surface area contributed by atoms with Gasteiger partial charge >= 0.3 is 0 Å². The van der Waals surface area contributed by atoms with Crippen molar-refractivity contribution in [2.75, 3.05) is 5.32 Å². The summed E-state index contributed by atoms with van der Waals surface area (Å²) < 4.78 is 26.8. The summed E-state index contributed by atoms with van der Waals surface area (Å²) in [4.78, 5) is 0. The summed E-state index contributed by atoms with van der Waals surface area (Å²) in [5.74, 6) is -1.11. The van der Waals surface area contributed by atoms with Gasteiger partial charge in [0.1, 0.15) is 11.6 Å². The number of benzene rings is 2. The highest BCUT2D eigenvalue weighted by Gasteiger charge is 2.35. The molecule has 1 nitrogen and oxygen atoms in total. The largest absolute Gasteiger partial charge is 0.378 e. The van der Waals surface area contributed by atoms with Gasteiger partial charge in [-0.3, -0.25) is 0 Å². The van der Waals surface area contributed by atoms with Crippen molar-refractivity contribution in [2.24, 2.45) is 5.41 Å². The van der Waals surface area contributed by atoms with Crippen LogP contribution in [0, 0.1) is 17.0 Å². The minimum atomic E-state index is -0.556. The van der Waals surface area contributed by atoms with Crippen LogP contribution in [-0.4, -0.2) is 0 Å². The lowest BCUT2D eigenvalue weighted by Crippen LogP contribution is -2.33. The van der Waals surface area contributed by atoms with E-state index in [2.05, 4.69) is 31.3 Å². The molecule has 2 aromatic rings. The Labute approximate surface area is 124 Å². The number of hydrogen-bond donors (Lipinski definition) is 1. The summed E-state index contributed by atoms with van der Waals surface area (Å²) in [6, 6.07) is 11.9. The van der Waals surface area contributed by atoms with Crippen LogP contribution < -0.4 is 5.32 Å². The molecule has 1 unspecified atom stereocenters. The standard InChI is InChI=1S/C18H19F2N/c1-18(2)8-7-12-5-3-4-6-16(12)17(18)21-15-10-13(19)9-14(20)11-15/h3-6,9-11,17,21H,7-8H2,1-2H3. The molecule has 0 aromatic heterocycles. The quantitative estimate of drug-likeness (QED) is 0.811. The van der Waals surface area contributed by atoms with Crippen molar-refractivity contribution in [3.63, 3.8) is 0 Å². The maximum Gasteiger partial charge on any atom is 0.128 e. The van der Waals surface area contributed by atoms with Gasteiger partial charge in [-0.05, 0) is 41.5 Å². The lowest BCUT2D eigenvalue weighted by Gasteiger charge is -2.41. The predicted octanol–water partition coefficient (Wildman–Crippen LogP) is 5.09. The molecule has 0 heterocycles. The Morgan fingerprint density at radius 3 is 2.43 bits per heavy atom. The number of fused-ring (bicyclic) bond motifs is 1. The Morgan fingerprint density at radius 1 is 1.05 bits per heavy atom. The topological polar surface area (TPSA) is 12.0 Å². The van der Waals surface area contributed by atoms with E-state index in [1.54, 1.807) is 0 Å². The number of halogens is 2. The van der Waals surface area contributed by atoms with Gasteiger partial charge in [-0.2, -0.15) is 0 Å². The molecule has 1 atom stereocenters. The zero-order valence-corrected chi connectivity index (χ0v) is 12.3. The van der Waals surface area contributed by atoms with Crippen molar-refractivity contribution in [2.45, 2.75) is 32.7 Å². The van der Waals surface area contributed by atoms with Crippen LogP contribution >= 0.6 is 0 Å². The van der Waals surface area contributed by atoms with Crippen LogP contribution in [0.5, 0.6) is 0 Å². The van der Waals surface area contributed by atoms with E-state index < -0.39 is 11.6 Å². The summed E-state index contributed by atoms with van der Waals surface area (Å²) in [6.45, 7) is 4.38. The summed E-state index contributed by atoms with van der Waals surface area (Å²) in [5, 5.41) is 3.33. The fourth-order valence-electron chi connectivity index (χ4n) is 3.14. The fraction of sp³-hybridized carbons (Fsp3) is 0.333. The summed E-state index contributed by atoms with van der Waals surface area (Å²) in [7, 11) is 0. The summed E-state index contributed by atoms with van der Waals surface area (Å²) >= 11 is 0. The Hall–Kier alpha value is -1.90. The molecule has 2 aromatic carbocycles. The van der Waals surface area contributed by atoms with Crippen molar-refractivity contribution in [1.82, 2.24) is 0 Å². The smallest absolute Gasteiger partial charge is 0.128 e. The first kappa shape index (κ1) is 14.1. The summed E-state index contributed by atoms with van der Waals surface area (Å²) in [6.07, 6.45) is 2.08. The van der Waals surface area contributed by atoms with E-state index in [1.165, 1.54) is 23.3 Å². The van der Waals surface area contributed by atoms with E-state index in [0.29, 0.717) is 5.69 Å². The van der Waals surface area contributed by atoms with E-state index in [-0.39, 0.29) is 11.5 Å². The van der Waals surface area contributed by atoms with Gasteiger partial charge in [-0.25, -0.2) is 8.78 Å². The van der Waals surface area contributed by atoms with Gasteiger partial charge in [-0.1, -0.05) is 38.1 Å². The first-order valence-electron chi connectivity index (χ1n) is 7.26. The number of rotatable bonds is 2. The molecule has 3 rings (SSSR count). The Balaban J connectivity index is 1.99. The minimum Gasteiger partial charge on any atom is -0.378 e. The highest BCUT2D eigenvalue weighted by atomic mass is 19.1. The molecule has 0 saturated carbocycles. The van der Waals surface area contributed by atoms with Crippen molar-refractivity contribution in [3.8, 4) is 0 Å². The first-order valence-corrected chi connectivity index (χ1v) is 7.26. The van der Waals surface area contributed by atoms with E-state index in [9.17, 15) is 8.78 Å². The average Bonchev–Trinajstić information content (AvgIpc) is 2.41. The Kier molecular flexibility index (Phi) is 3.44. The van der Waals surface area contributed by atoms with Crippen LogP contribution in [0.1, 0.15) is 37.4 Å². The molecule has 0 spiro atoms. The lowest BCUT2D eigenvalue weighted by molar-refractivity contribution is 0.265. The molecular formula is C18H19F2N. The number of hydrogen-bond acceptors (Lipinski definition) is 1. The number of nitrogens with one attached hydrogen (secondary N) is 1. The van der Waals surface area contributed by atoms with E-state index in [0.717, 1.165) is 18.9 Å². The maximum atomic E-state index is 13.4. The predicted molar refractivity (Wildman–Crippen MR) is 81.3 cm³/mol. The van der Waals surface area contributed by atoms with Gasteiger partial charge in [0.25, 0.3) is 0 Å². The van der Waals surface area contributed by atoms with Gasteiger partial charge < -0.3 is 5.32 Å². The summed E-state index contributed by atoms with van der Waals surface area (Å²) in [5.41, 5.74) is 3.05. The number of aryl methyl sites for hydroxylation is 1. The molecule has 1 aliphatic rings. The third-order valence-electron chi connectivity index (χ3n) is 4.36. The van der Waals surface area contributed by atoms with Crippen LogP contribution in [0.4, 0.5) is 14.5 Å². The molecule has 110 valence electrons. The highest BCUT2D eigenvalue weighted by molar-refractivity contribution is 5.48. The Bertz CT molecular complexity index is 644. The molecular weight excluding hydrogens is 268 g/mol. The highest BCUT2D eigenvalue weighted by Crippen LogP contribution is 2.45. The van der Waals surface area contributed by atoms with Crippen LogP contribution in [0.25, 0.3) is 0 Å². The van der Waals surface area contributed by atoms with Crippen molar-refractivity contribution in [3.05, 3.63) is 65.2 Å². The van der Waals surface area contributed by atoms with Crippen molar-refractivity contribution >= 4 is 5.69 Å². The van der Waals surface area contributed by atoms with Crippen LogP contribution in [0.2, 0.25) is 0 Å². The lowest BCUT2D eigenvalue weighted by atomic mass is 9.70. The van der Waals surface area contributed by atoms with Gasteiger partial charge in [0.15, 0.2) is 0 Å². The molecule has 0 bridgehead atoms. The van der Waals surface area contributed by atoms with Crippen molar-refractivity contribution < 1.29 is 8.78 Å². The minimum absolute atomic E-state index is 0.0249. The molecule has 3 heteroatoms. The molecule has 1 N–H and O–H groups in total. The number of anilines is 1. The molecule has 1 aliphatic carbocycles. The monoisotopic (exact) mass is 287 g/mol. The van der Waals surface area contributed by atoms with Gasteiger partial charge in [0.2, 0.25) is 0 Å². The first-order chi connectivity index (χ1) is 9.95. The normalized spacial score (nSPS) is 19.9. The second-order valence-corrected chi connectivity index (χ2v) is 6.42. The zero-order valence-electron chi connectivity index (χ0n) is 12.3. The second-order valence-electron chi connectivity index (χ2n) is 6.42. The van der Waals surface area contributed by atoms with Crippen molar-refractivity contribution in [1.29, 1.82) is 0 Å². The molecule has 0 fully saturated rings. The van der Waals surface area contributed by atoms with Gasteiger partial charge in [-0.15, -0.1) is 0 Å². The van der Waals surface area contributed by atoms with E-state index in [1.807, 2.05) is 12.1 Å². The average molecular weight is 287 g/mol. The second kappa shape index (κ2) is 5.14. The molecule has 0 amide bonds. The molecule has 0 aliphatic heterocycles. The molecule has 21 heavy (non-hydrogen) atoms. The Morgan fingerprint density at radius 2 is 1.71 bits per heavy atom. The fourth-order valence-corrected chi connectivity index (χ4v) is 3.14. The maximum absolute atomic E-state index is 13.4. The third kappa shape index (κ3) is 2.78. The van der Waals surface area contributed by atoms with Crippen LogP contribution in [0.15, 0.2) is 42.5 Å². The van der Waals surface area contributed by atoms with E-state index in [4.69, 9.17) is 0 Å².